The standard InChI is InChI=1S/C21H27NO3/c1-24-21-8-4-5-17(13-21)15-25-16-20(23)14-22-11-9-18-6-2-3-7-19(18)10-12-22/h2-8,13,20,23H,9-12,14-16H2,1H3. The minimum Gasteiger partial charge on any atom is -0.497 e. The van der Waals surface area contributed by atoms with E-state index in [1.807, 2.05) is 24.3 Å². The molecule has 2 aromatic carbocycles. The minimum absolute atomic E-state index is 0.348. The van der Waals surface area contributed by atoms with Gasteiger partial charge < -0.3 is 19.5 Å². The number of rotatable bonds is 7. The van der Waals surface area contributed by atoms with Crippen molar-refractivity contribution in [3.05, 3.63) is 65.2 Å². The van der Waals surface area contributed by atoms with E-state index in [1.54, 1.807) is 7.11 Å². The van der Waals surface area contributed by atoms with Crippen molar-refractivity contribution < 1.29 is 14.6 Å². The van der Waals surface area contributed by atoms with Gasteiger partial charge in [-0.05, 0) is 41.7 Å². The second kappa shape index (κ2) is 8.99. The molecule has 0 saturated carbocycles. The van der Waals surface area contributed by atoms with Gasteiger partial charge in [0.25, 0.3) is 0 Å². The number of benzene rings is 2. The third-order valence-corrected chi connectivity index (χ3v) is 4.70. The van der Waals surface area contributed by atoms with Crippen LogP contribution in [0.15, 0.2) is 48.5 Å². The van der Waals surface area contributed by atoms with Crippen molar-refractivity contribution in [1.29, 1.82) is 0 Å². The lowest BCUT2D eigenvalue weighted by Gasteiger charge is -2.23. The molecule has 0 aliphatic carbocycles. The third-order valence-electron chi connectivity index (χ3n) is 4.70. The molecule has 1 atom stereocenters. The maximum atomic E-state index is 10.3. The molecule has 4 nitrogen and oxygen atoms in total. The maximum absolute atomic E-state index is 10.3. The first-order valence-corrected chi connectivity index (χ1v) is 8.92. The average molecular weight is 341 g/mol. The van der Waals surface area contributed by atoms with E-state index in [1.165, 1.54) is 11.1 Å². The van der Waals surface area contributed by atoms with Gasteiger partial charge in [-0.2, -0.15) is 0 Å². The number of methoxy groups -OCH3 is 1. The van der Waals surface area contributed by atoms with Crippen molar-refractivity contribution in [2.45, 2.75) is 25.6 Å². The molecule has 1 N–H and O–H groups in total. The highest BCUT2D eigenvalue weighted by molar-refractivity contribution is 5.29. The van der Waals surface area contributed by atoms with E-state index < -0.39 is 6.10 Å². The van der Waals surface area contributed by atoms with Gasteiger partial charge in [0.1, 0.15) is 5.75 Å². The maximum Gasteiger partial charge on any atom is 0.119 e. The molecule has 1 aliphatic heterocycles. The highest BCUT2D eigenvalue weighted by Crippen LogP contribution is 2.16. The molecule has 0 aromatic heterocycles. The summed E-state index contributed by atoms with van der Waals surface area (Å²) in [5, 5.41) is 10.3. The summed E-state index contributed by atoms with van der Waals surface area (Å²) in [4.78, 5) is 2.33. The van der Waals surface area contributed by atoms with Gasteiger partial charge >= 0.3 is 0 Å². The van der Waals surface area contributed by atoms with Crippen molar-refractivity contribution in [2.24, 2.45) is 0 Å². The number of aliphatic hydroxyl groups excluding tert-OH is 1. The smallest absolute Gasteiger partial charge is 0.119 e. The fourth-order valence-electron chi connectivity index (χ4n) is 3.32. The summed E-state index contributed by atoms with van der Waals surface area (Å²) in [5.74, 6) is 0.825. The van der Waals surface area contributed by atoms with Crippen molar-refractivity contribution >= 4 is 0 Å². The summed E-state index contributed by atoms with van der Waals surface area (Å²) < 4.78 is 10.9. The Morgan fingerprint density at radius 2 is 1.76 bits per heavy atom. The summed E-state index contributed by atoms with van der Waals surface area (Å²) in [7, 11) is 1.66. The first-order valence-electron chi connectivity index (χ1n) is 8.92. The van der Waals surface area contributed by atoms with Crippen LogP contribution in [-0.2, 0) is 24.2 Å². The zero-order valence-electron chi connectivity index (χ0n) is 14.9. The number of hydrogen-bond donors (Lipinski definition) is 1. The van der Waals surface area contributed by atoms with Crippen LogP contribution in [0.1, 0.15) is 16.7 Å². The van der Waals surface area contributed by atoms with Gasteiger partial charge in [-0.3, -0.25) is 0 Å². The molecule has 0 spiro atoms. The lowest BCUT2D eigenvalue weighted by molar-refractivity contribution is 0.0105. The molecule has 3 rings (SSSR count). The number of nitrogens with zero attached hydrogens (tertiary/aromatic N) is 1. The molecule has 0 fully saturated rings. The van der Waals surface area contributed by atoms with Gasteiger partial charge in [-0.15, -0.1) is 0 Å². The number of hydrogen-bond acceptors (Lipinski definition) is 4. The third kappa shape index (κ3) is 5.30. The van der Waals surface area contributed by atoms with Gasteiger partial charge in [0.2, 0.25) is 0 Å². The van der Waals surface area contributed by atoms with E-state index in [9.17, 15) is 5.11 Å². The van der Waals surface area contributed by atoms with E-state index in [4.69, 9.17) is 9.47 Å². The second-order valence-electron chi connectivity index (χ2n) is 6.59. The van der Waals surface area contributed by atoms with Crippen molar-refractivity contribution in [1.82, 2.24) is 4.90 Å². The average Bonchev–Trinajstić information content (AvgIpc) is 2.84. The molecule has 0 amide bonds. The molecule has 0 saturated heterocycles. The summed E-state index contributed by atoms with van der Waals surface area (Å²) >= 11 is 0. The molecule has 134 valence electrons. The molecule has 0 radical (unpaired) electrons. The van der Waals surface area contributed by atoms with Crippen LogP contribution in [0.2, 0.25) is 0 Å². The van der Waals surface area contributed by atoms with Crippen LogP contribution >= 0.6 is 0 Å². The lowest BCUT2D eigenvalue weighted by Crippen LogP contribution is -2.36. The van der Waals surface area contributed by atoms with E-state index in [0.29, 0.717) is 19.8 Å². The molecule has 1 aliphatic rings. The Morgan fingerprint density at radius 1 is 1.04 bits per heavy atom. The van der Waals surface area contributed by atoms with Crippen LogP contribution < -0.4 is 4.74 Å². The van der Waals surface area contributed by atoms with Crippen LogP contribution in [0.4, 0.5) is 0 Å². The highest BCUT2D eigenvalue weighted by atomic mass is 16.5. The zero-order valence-corrected chi connectivity index (χ0v) is 14.9. The van der Waals surface area contributed by atoms with E-state index in [0.717, 1.165) is 37.2 Å². The first kappa shape index (κ1) is 17.9. The molecule has 2 aromatic rings. The van der Waals surface area contributed by atoms with Gasteiger partial charge in [0, 0.05) is 19.6 Å². The second-order valence-corrected chi connectivity index (χ2v) is 6.59. The van der Waals surface area contributed by atoms with Crippen LogP contribution in [0, 0.1) is 0 Å². The van der Waals surface area contributed by atoms with Gasteiger partial charge in [0.15, 0.2) is 0 Å². The van der Waals surface area contributed by atoms with Crippen molar-refractivity contribution in [3.8, 4) is 5.75 Å². The predicted octanol–water partition coefficient (Wildman–Crippen LogP) is 2.67. The summed E-state index contributed by atoms with van der Waals surface area (Å²) in [6.07, 6.45) is 1.63. The number of ether oxygens (including phenoxy) is 2. The van der Waals surface area contributed by atoms with E-state index >= 15 is 0 Å². The van der Waals surface area contributed by atoms with Gasteiger partial charge in [0.05, 0.1) is 26.4 Å². The van der Waals surface area contributed by atoms with E-state index in [-0.39, 0.29) is 0 Å². The fraction of sp³-hybridized carbons (Fsp3) is 0.429. The van der Waals surface area contributed by atoms with Gasteiger partial charge in [-0.25, -0.2) is 0 Å². The minimum atomic E-state index is -0.466. The summed E-state index contributed by atoms with van der Waals surface area (Å²) in [6.45, 7) is 3.47. The monoisotopic (exact) mass is 341 g/mol. The normalized spacial score (nSPS) is 16.1. The van der Waals surface area contributed by atoms with Gasteiger partial charge in [-0.1, -0.05) is 36.4 Å². The highest BCUT2D eigenvalue weighted by Gasteiger charge is 2.16. The summed E-state index contributed by atoms with van der Waals surface area (Å²) in [6, 6.07) is 16.5. The molecule has 1 unspecified atom stereocenters. The zero-order chi connectivity index (χ0) is 17.5. The van der Waals surface area contributed by atoms with Crippen LogP contribution in [0.25, 0.3) is 0 Å². The molecule has 4 heteroatoms. The van der Waals surface area contributed by atoms with Crippen LogP contribution in [-0.4, -0.2) is 49.5 Å². The Morgan fingerprint density at radius 3 is 2.44 bits per heavy atom. The fourth-order valence-corrected chi connectivity index (χ4v) is 3.32. The van der Waals surface area contributed by atoms with E-state index in [2.05, 4.69) is 29.2 Å². The Hall–Kier alpha value is -1.88. The molecular weight excluding hydrogens is 314 g/mol. The number of fused-ring (bicyclic) bond motifs is 1. The molecule has 0 bridgehead atoms. The SMILES string of the molecule is COc1cccc(COCC(O)CN2CCc3ccccc3CC2)c1. The topological polar surface area (TPSA) is 41.9 Å². The molecule has 1 heterocycles. The van der Waals surface area contributed by atoms with Crippen LogP contribution in [0.3, 0.4) is 0 Å². The largest absolute Gasteiger partial charge is 0.497 e. The van der Waals surface area contributed by atoms with Crippen molar-refractivity contribution in [3.63, 3.8) is 0 Å². The summed E-state index contributed by atoms with van der Waals surface area (Å²) in [5.41, 5.74) is 3.93. The molecule has 25 heavy (non-hydrogen) atoms. The number of aliphatic hydroxyl groups is 1. The van der Waals surface area contributed by atoms with Crippen LogP contribution in [0.5, 0.6) is 5.75 Å². The predicted molar refractivity (Wildman–Crippen MR) is 98.9 cm³/mol. The first-order chi connectivity index (χ1) is 12.2. The quantitative estimate of drug-likeness (QED) is 0.841. The number of β-amino-alcohol motifs (C(OH)–C–C–N with tert-alkyl or cyclic N) is 1. The van der Waals surface area contributed by atoms with Crippen molar-refractivity contribution in [2.75, 3.05) is 33.4 Å². The Bertz CT molecular complexity index is 647. The Labute approximate surface area is 150 Å². The lowest BCUT2D eigenvalue weighted by atomic mass is 10.0. The Kier molecular flexibility index (Phi) is 6.45. The Balaban J connectivity index is 1.41. The molecular formula is C21H27NO3.